The molecule has 564 valence electrons. The van der Waals surface area contributed by atoms with Gasteiger partial charge in [-0.25, -0.2) is 26.5 Å². The molecule has 6 aromatic rings. The molecule has 5 aromatic carbocycles. The van der Waals surface area contributed by atoms with Crippen molar-refractivity contribution >= 4 is 95.1 Å². The van der Waals surface area contributed by atoms with Gasteiger partial charge < -0.3 is 40.9 Å². The first-order chi connectivity index (χ1) is 49.3. The number of rotatable bonds is 33. The number of aliphatic hydroxyl groups is 2. The molecular formula is C77H99ClF3N9O10S4. The number of unbranched alkanes of at least 4 members (excludes halogenated alkanes) is 5. The number of aromatic nitrogens is 1. The minimum atomic E-state index is -6.19. The van der Waals surface area contributed by atoms with Gasteiger partial charge in [0.25, 0.3) is 25.8 Å². The van der Waals surface area contributed by atoms with Gasteiger partial charge in [0.2, 0.25) is 17.7 Å². The lowest BCUT2D eigenvalue weighted by Gasteiger charge is -2.39. The second-order valence-corrected chi connectivity index (χ2v) is 35.3. The van der Waals surface area contributed by atoms with E-state index in [1.807, 2.05) is 111 Å². The number of thioether (sulfide) groups is 1. The molecule has 27 heteroatoms. The number of likely N-dealkylation sites (tertiary alicyclic amines) is 1. The molecule has 1 aromatic heterocycles. The van der Waals surface area contributed by atoms with Crippen LogP contribution in [0.3, 0.4) is 0 Å². The second kappa shape index (κ2) is 36.1. The number of piperazine rings is 1. The maximum atomic E-state index is 14.6. The maximum absolute atomic E-state index is 14.6. The molecule has 2 fully saturated rings. The standard InChI is InChI=1S/C77H99ClF3N9O10S4/c1-52(54-20-22-56(23-21-54)70-53(2)82-51-102-70)83-73(95)67-45-62(92)49-90(67)74(96)71(75(3,4)5)85-69(93)19-15-10-8-9-11-16-37-87(43-44-91)38-35-60(50-101-63-17-13-12-14-18-63)84-66-33-32-64(46-68(66)103(97,98)77(79,80)81)104(99,100)86-72(94)57-26-30-61(31-27-57)89-41-39-88(40-42-89)48-58-47-76(6,7)36-34-65(58)55-24-28-59(78)29-25-55/h12-14,17-18,20-33,46,51-52,60,62,67,71,84,91-92H,8-11,15-16,19,34-45,47-50H2,1-7H3,(H,83,95)(H,85,93)(H,86,94)/t52-,60+,62+,67-,71?/m0/s1. The van der Waals surface area contributed by atoms with Crippen molar-refractivity contribution in [1.29, 1.82) is 0 Å². The van der Waals surface area contributed by atoms with Crippen LogP contribution in [0, 0.1) is 17.8 Å². The molecule has 9 rings (SSSR count). The van der Waals surface area contributed by atoms with Gasteiger partial charge in [0, 0.05) is 98.2 Å². The van der Waals surface area contributed by atoms with E-state index in [-0.39, 0.29) is 67.6 Å². The Morgan fingerprint density at radius 2 is 1.48 bits per heavy atom. The fraction of sp³-hybridized carbons (Fsp3) is 0.494. The van der Waals surface area contributed by atoms with E-state index < -0.39 is 88.2 Å². The molecule has 0 saturated carbocycles. The van der Waals surface area contributed by atoms with Crippen molar-refractivity contribution in [1.82, 2.24) is 35.0 Å². The molecular weight excluding hydrogens is 1430 g/mol. The summed E-state index contributed by atoms with van der Waals surface area (Å²) < 4.78 is 100. The number of thiazole rings is 1. The minimum Gasteiger partial charge on any atom is -0.395 e. The third-order valence-corrected chi connectivity index (χ3v) is 24.9. The van der Waals surface area contributed by atoms with Crippen molar-refractivity contribution in [2.24, 2.45) is 10.8 Å². The Morgan fingerprint density at radius 3 is 2.12 bits per heavy atom. The maximum Gasteiger partial charge on any atom is 0.501 e. The molecule has 19 nitrogen and oxygen atoms in total. The minimum absolute atomic E-state index is 0.0429. The van der Waals surface area contributed by atoms with Crippen molar-refractivity contribution in [2.75, 3.05) is 81.5 Å². The average molecular weight is 1530 g/mol. The molecule has 6 N–H and O–H groups in total. The molecule has 0 bridgehead atoms. The van der Waals surface area contributed by atoms with E-state index in [1.54, 1.807) is 29.0 Å². The summed E-state index contributed by atoms with van der Waals surface area (Å²) in [6, 6.07) is 30.8. The van der Waals surface area contributed by atoms with Gasteiger partial charge in [-0.2, -0.15) is 13.2 Å². The van der Waals surface area contributed by atoms with Crippen LogP contribution in [-0.2, 0) is 34.2 Å². The molecule has 1 unspecified atom stereocenters. The van der Waals surface area contributed by atoms with E-state index in [0.717, 1.165) is 115 Å². The number of nitrogens with zero attached hydrogens (tertiary/aromatic N) is 5. The zero-order chi connectivity index (χ0) is 75.2. The lowest BCUT2D eigenvalue weighted by Crippen LogP contribution is -2.57. The number of hydrogen-bond acceptors (Lipinski definition) is 17. The Hall–Kier alpha value is -6.88. The molecule has 3 heterocycles. The van der Waals surface area contributed by atoms with Gasteiger partial charge in [-0.15, -0.1) is 23.1 Å². The number of benzene rings is 5. The molecule has 104 heavy (non-hydrogen) atoms. The van der Waals surface area contributed by atoms with Crippen LogP contribution in [0.1, 0.15) is 152 Å². The number of sulfone groups is 1. The third kappa shape index (κ3) is 22.1. The number of aryl methyl sites for hydroxylation is 1. The highest BCUT2D eigenvalue weighted by Crippen LogP contribution is 2.44. The van der Waals surface area contributed by atoms with Crippen molar-refractivity contribution in [3.8, 4) is 10.4 Å². The van der Waals surface area contributed by atoms with Crippen molar-refractivity contribution in [3.05, 3.63) is 160 Å². The number of amides is 4. The quantitative estimate of drug-likeness (QED) is 0.0165. The largest absolute Gasteiger partial charge is 0.501 e. The van der Waals surface area contributed by atoms with Crippen molar-refractivity contribution < 1.29 is 59.4 Å². The molecule has 0 spiro atoms. The first-order valence-corrected chi connectivity index (χ1v) is 40.9. The van der Waals surface area contributed by atoms with Gasteiger partial charge in [0.15, 0.2) is 0 Å². The van der Waals surface area contributed by atoms with Crippen LogP contribution in [0.25, 0.3) is 16.0 Å². The third-order valence-electron chi connectivity index (χ3n) is 19.7. The number of aliphatic hydroxyl groups excluding tert-OH is 2. The lowest BCUT2D eigenvalue weighted by molar-refractivity contribution is -0.144. The zero-order valence-corrected chi connectivity index (χ0v) is 64.3. The van der Waals surface area contributed by atoms with Gasteiger partial charge in [-0.05, 0) is 159 Å². The summed E-state index contributed by atoms with van der Waals surface area (Å²) in [5.41, 5.74) is 2.54. The number of nitrogens with one attached hydrogen (secondary N) is 4. The van der Waals surface area contributed by atoms with E-state index >= 15 is 0 Å². The number of allylic oxidation sites excluding steroid dienone is 1. The van der Waals surface area contributed by atoms with Gasteiger partial charge in [0.05, 0.1) is 45.4 Å². The Bertz CT molecular complexity index is 4160. The summed E-state index contributed by atoms with van der Waals surface area (Å²) in [7, 11) is -11.1. The fourth-order valence-electron chi connectivity index (χ4n) is 13.7. The zero-order valence-electron chi connectivity index (χ0n) is 60.3. The number of halogens is 4. The first-order valence-electron chi connectivity index (χ1n) is 35.7. The van der Waals surface area contributed by atoms with Gasteiger partial charge >= 0.3 is 5.51 Å². The normalized spacial score (nSPS) is 17.8. The number of β-amino-alcohol motifs (C(OH)–C–C–N with tert-alkyl or cyclic N) is 1. The van der Waals surface area contributed by atoms with Crippen molar-refractivity contribution in [2.45, 2.75) is 176 Å². The Morgan fingerprint density at radius 1 is 0.817 bits per heavy atom. The number of carbonyl (C=O) groups excluding carboxylic acids is 4. The van der Waals surface area contributed by atoms with E-state index in [4.69, 9.17) is 11.6 Å². The summed E-state index contributed by atoms with van der Waals surface area (Å²) in [6.07, 6.45) is 7.12. The smallest absolute Gasteiger partial charge is 0.395 e. The van der Waals surface area contributed by atoms with Crippen LogP contribution < -0.4 is 25.6 Å². The summed E-state index contributed by atoms with van der Waals surface area (Å²) >= 11 is 9.16. The van der Waals surface area contributed by atoms with Crippen LogP contribution in [0.15, 0.2) is 147 Å². The Kier molecular flexibility index (Phi) is 28.2. The SMILES string of the molecule is Cc1ncsc1-c1ccc([C@H](C)NC(=O)[C@@H]2C[C@@H](O)CN2C(=O)C(NC(=O)CCCCCCCCN(CCO)CC[C@H](CSc2ccccc2)Nc2ccc(S(=O)(=O)NC(=O)c3ccc(N4CCN(CC5=C(c6ccc(Cl)cc6)CCC(C)(C)C5)CC4)cc3)cc2S(=O)(=O)C(F)(F)F)C(C)(C)C)cc1. The average Bonchev–Trinajstić information content (AvgIpc) is 0.944. The van der Waals surface area contributed by atoms with Crippen LogP contribution in [0.4, 0.5) is 24.5 Å². The van der Waals surface area contributed by atoms with E-state index in [9.17, 15) is 59.4 Å². The van der Waals surface area contributed by atoms with Crippen LogP contribution in [0.5, 0.6) is 0 Å². The number of anilines is 2. The molecule has 2 saturated heterocycles. The highest BCUT2D eigenvalue weighted by atomic mass is 35.5. The molecule has 5 atom stereocenters. The number of sulfonamides is 1. The highest BCUT2D eigenvalue weighted by molar-refractivity contribution is 7.99. The highest BCUT2D eigenvalue weighted by Gasteiger charge is 2.49. The molecule has 0 radical (unpaired) electrons. The number of hydrogen-bond donors (Lipinski definition) is 6. The molecule has 2 aliphatic heterocycles. The lowest BCUT2D eigenvalue weighted by atomic mass is 9.73. The topological polar surface area (TPSA) is 251 Å². The molecule has 3 aliphatic rings. The van der Waals surface area contributed by atoms with Gasteiger partial charge in [0.1, 0.15) is 17.0 Å². The Balaban J connectivity index is 0.753. The summed E-state index contributed by atoms with van der Waals surface area (Å²) in [6.45, 7) is 18.7. The second-order valence-electron chi connectivity index (χ2n) is 29.4. The first kappa shape index (κ1) is 81.2. The predicted octanol–water partition coefficient (Wildman–Crippen LogP) is 13.3. The monoisotopic (exact) mass is 1530 g/mol. The van der Waals surface area contributed by atoms with Gasteiger partial charge in [-0.3, -0.25) is 24.1 Å². The van der Waals surface area contributed by atoms with E-state index in [1.165, 1.54) is 45.5 Å². The van der Waals surface area contributed by atoms with Crippen molar-refractivity contribution in [3.63, 3.8) is 0 Å². The van der Waals surface area contributed by atoms with E-state index in [2.05, 4.69) is 56.7 Å². The summed E-state index contributed by atoms with van der Waals surface area (Å²) in [4.78, 5) is 67.3. The van der Waals surface area contributed by atoms with Crippen LogP contribution >= 0.6 is 34.7 Å². The summed E-state index contributed by atoms with van der Waals surface area (Å²) in [5, 5.41) is 30.6. The number of carbonyl (C=O) groups is 4. The molecule has 4 amide bonds. The molecule has 1 aliphatic carbocycles. The predicted molar refractivity (Wildman–Crippen MR) is 407 cm³/mol. The fourth-order valence-corrected chi connectivity index (χ4v) is 17.7. The van der Waals surface area contributed by atoms with Crippen LogP contribution in [0.2, 0.25) is 5.02 Å². The van der Waals surface area contributed by atoms with Gasteiger partial charge in [-0.1, -0.05) is 132 Å². The Labute approximate surface area is 624 Å². The van der Waals surface area contributed by atoms with E-state index in [0.29, 0.717) is 43.7 Å². The van der Waals surface area contributed by atoms with Crippen LogP contribution in [-0.4, -0.2) is 171 Å². The summed E-state index contributed by atoms with van der Waals surface area (Å²) in [5.74, 6) is -1.97. The number of alkyl halides is 3.